The van der Waals surface area contributed by atoms with Crippen molar-refractivity contribution in [1.82, 2.24) is 15.4 Å². The van der Waals surface area contributed by atoms with Crippen LogP contribution in [0.15, 0.2) is 30.7 Å². The van der Waals surface area contributed by atoms with E-state index in [4.69, 9.17) is 9.57 Å². The van der Waals surface area contributed by atoms with E-state index < -0.39 is 0 Å². The average Bonchev–Trinajstić information content (AvgIpc) is 3.09. The number of hydrogen-bond donors (Lipinski definition) is 2. The Bertz CT molecular complexity index is 689. The molecule has 24 heavy (non-hydrogen) atoms. The van der Waals surface area contributed by atoms with E-state index in [1.54, 1.807) is 11.2 Å². The minimum Gasteiger partial charge on any atom is -0.490 e. The van der Waals surface area contributed by atoms with Gasteiger partial charge in [-0.15, -0.1) is 0 Å². The first kappa shape index (κ1) is 16.1. The largest absolute Gasteiger partial charge is 0.490 e. The van der Waals surface area contributed by atoms with E-state index in [2.05, 4.69) is 20.3 Å². The van der Waals surface area contributed by atoms with Gasteiger partial charge in [0, 0.05) is 18.4 Å². The van der Waals surface area contributed by atoms with Gasteiger partial charge in [0.05, 0.1) is 37.9 Å². The second-order valence-corrected chi connectivity index (χ2v) is 5.34. The molecule has 0 aliphatic carbocycles. The first-order valence-electron chi connectivity index (χ1n) is 7.83. The maximum atomic E-state index is 12.1. The van der Waals surface area contributed by atoms with Crippen LogP contribution in [-0.4, -0.2) is 42.8 Å². The Morgan fingerprint density at radius 1 is 1.54 bits per heavy atom. The molecule has 0 saturated carbocycles. The number of ether oxygens (including phenoxy) is 1. The first-order chi connectivity index (χ1) is 11.7. The van der Waals surface area contributed by atoms with Gasteiger partial charge in [-0.3, -0.25) is 9.74 Å². The van der Waals surface area contributed by atoms with Crippen molar-refractivity contribution in [2.45, 2.75) is 13.5 Å². The highest BCUT2D eigenvalue weighted by molar-refractivity contribution is 5.92. The predicted octanol–water partition coefficient (Wildman–Crippen LogP) is 1.91. The highest BCUT2D eigenvalue weighted by Crippen LogP contribution is 2.36. The van der Waals surface area contributed by atoms with Gasteiger partial charge in [-0.1, -0.05) is 0 Å². The van der Waals surface area contributed by atoms with E-state index in [9.17, 15) is 4.79 Å². The molecule has 0 saturated heterocycles. The molecule has 1 aliphatic rings. The SMILES string of the molecule is CCN(C(=O)NOC)c1ccc2c(c1)N(Cc1c[nH]cn1)CCO2. The van der Waals surface area contributed by atoms with E-state index in [1.807, 2.05) is 31.3 Å². The lowest BCUT2D eigenvalue weighted by molar-refractivity contribution is 0.111. The molecule has 1 aliphatic heterocycles. The minimum absolute atomic E-state index is 0.310. The number of H-pyrrole nitrogens is 1. The summed E-state index contributed by atoms with van der Waals surface area (Å²) in [6, 6.07) is 5.41. The molecule has 0 fully saturated rings. The van der Waals surface area contributed by atoms with Crippen molar-refractivity contribution in [3.63, 3.8) is 0 Å². The summed E-state index contributed by atoms with van der Waals surface area (Å²) in [6.07, 6.45) is 3.55. The van der Waals surface area contributed by atoms with Gasteiger partial charge in [-0.25, -0.2) is 15.3 Å². The van der Waals surface area contributed by atoms with Gasteiger partial charge in [0.15, 0.2) is 0 Å². The Hall–Kier alpha value is -2.74. The molecule has 0 spiro atoms. The Kier molecular flexibility index (Phi) is 4.85. The van der Waals surface area contributed by atoms with E-state index in [-0.39, 0.29) is 6.03 Å². The Morgan fingerprint density at radius 2 is 2.42 bits per heavy atom. The summed E-state index contributed by atoms with van der Waals surface area (Å²) in [5.41, 5.74) is 5.04. The molecule has 8 heteroatoms. The molecule has 2 aromatic rings. The van der Waals surface area contributed by atoms with E-state index in [0.29, 0.717) is 19.7 Å². The Balaban J connectivity index is 1.88. The summed E-state index contributed by atoms with van der Waals surface area (Å²) in [5, 5.41) is 0. The van der Waals surface area contributed by atoms with Crippen molar-refractivity contribution in [3.8, 4) is 5.75 Å². The van der Waals surface area contributed by atoms with Crippen LogP contribution in [0.5, 0.6) is 5.75 Å². The number of aromatic amines is 1. The predicted molar refractivity (Wildman–Crippen MR) is 90.1 cm³/mol. The fourth-order valence-electron chi connectivity index (χ4n) is 2.75. The van der Waals surface area contributed by atoms with Crippen molar-refractivity contribution in [1.29, 1.82) is 0 Å². The van der Waals surface area contributed by atoms with Crippen LogP contribution in [-0.2, 0) is 11.4 Å². The summed E-state index contributed by atoms with van der Waals surface area (Å²) in [4.78, 5) is 27.9. The zero-order chi connectivity index (χ0) is 16.9. The second-order valence-electron chi connectivity index (χ2n) is 5.34. The zero-order valence-corrected chi connectivity index (χ0v) is 13.8. The number of fused-ring (bicyclic) bond motifs is 1. The summed E-state index contributed by atoms with van der Waals surface area (Å²) in [5.74, 6) is 0.809. The van der Waals surface area contributed by atoms with Gasteiger partial charge >= 0.3 is 6.03 Å². The number of hydrogen-bond acceptors (Lipinski definition) is 5. The van der Waals surface area contributed by atoms with Gasteiger partial charge in [0.25, 0.3) is 0 Å². The number of anilines is 2. The van der Waals surface area contributed by atoms with Crippen LogP contribution in [0.3, 0.4) is 0 Å². The highest BCUT2D eigenvalue weighted by Gasteiger charge is 2.22. The highest BCUT2D eigenvalue weighted by atomic mass is 16.6. The van der Waals surface area contributed by atoms with E-state index >= 15 is 0 Å². The lowest BCUT2D eigenvalue weighted by atomic mass is 10.2. The fraction of sp³-hybridized carbons (Fsp3) is 0.375. The smallest absolute Gasteiger partial charge is 0.345 e. The number of carbonyl (C=O) groups excluding carboxylic acids is 1. The molecule has 1 aromatic heterocycles. The van der Waals surface area contributed by atoms with Gasteiger partial charge in [-0.2, -0.15) is 0 Å². The third-order valence-corrected chi connectivity index (χ3v) is 3.87. The number of imidazole rings is 1. The third-order valence-electron chi connectivity index (χ3n) is 3.87. The van der Waals surface area contributed by atoms with Crippen LogP contribution in [0.25, 0.3) is 0 Å². The molecule has 0 bridgehead atoms. The van der Waals surface area contributed by atoms with Crippen molar-refractivity contribution < 1.29 is 14.4 Å². The minimum atomic E-state index is -0.310. The number of benzene rings is 1. The number of carbonyl (C=O) groups is 1. The maximum Gasteiger partial charge on any atom is 0.345 e. The second kappa shape index (κ2) is 7.22. The monoisotopic (exact) mass is 331 g/mol. The fourth-order valence-corrected chi connectivity index (χ4v) is 2.75. The van der Waals surface area contributed by atoms with Crippen LogP contribution >= 0.6 is 0 Å². The van der Waals surface area contributed by atoms with E-state index in [1.165, 1.54) is 7.11 Å². The average molecular weight is 331 g/mol. The third kappa shape index (κ3) is 3.28. The molecule has 1 aromatic carbocycles. The van der Waals surface area contributed by atoms with Gasteiger partial charge < -0.3 is 14.6 Å². The number of nitrogens with one attached hydrogen (secondary N) is 2. The van der Waals surface area contributed by atoms with Crippen molar-refractivity contribution in [2.75, 3.05) is 36.6 Å². The summed E-state index contributed by atoms with van der Waals surface area (Å²) in [7, 11) is 1.41. The normalized spacial score (nSPS) is 13.2. The number of hydroxylamine groups is 1. The van der Waals surface area contributed by atoms with Crippen molar-refractivity contribution >= 4 is 17.4 Å². The van der Waals surface area contributed by atoms with Crippen LogP contribution in [0.4, 0.5) is 16.2 Å². The van der Waals surface area contributed by atoms with Crippen LogP contribution < -0.4 is 20.0 Å². The van der Waals surface area contributed by atoms with Crippen molar-refractivity contribution in [3.05, 3.63) is 36.4 Å². The Morgan fingerprint density at radius 3 is 3.12 bits per heavy atom. The van der Waals surface area contributed by atoms with Crippen molar-refractivity contribution in [2.24, 2.45) is 0 Å². The van der Waals surface area contributed by atoms with Crippen LogP contribution in [0, 0.1) is 0 Å². The molecule has 2 amide bonds. The molecule has 0 radical (unpaired) electrons. The lowest BCUT2D eigenvalue weighted by Crippen LogP contribution is -2.39. The zero-order valence-electron chi connectivity index (χ0n) is 13.8. The van der Waals surface area contributed by atoms with E-state index in [0.717, 1.165) is 29.4 Å². The lowest BCUT2D eigenvalue weighted by Gasteiger charge is -2.32. The number of amides is 2. The molecule has 2 heterocycles. The van der Waals surface area contributed by atoms with Gasteiger partial charge in [-0.05, 0) is 25.1 Å². The van der Waals surface area contributed by atoms with Crippen LogP contribution in [0.1, 0.15) is 12.6 Å². The molecule has 2 N–H and O–H groups in total. The topological polar surface area (TPSA) is 82.7 Å². The molecule has 8 nitrogen and oxygen atoms in total. The summed E-state index contributed by atoms with van der Waals surface area (Å²) < 4.78 is 5.74. The number of nitrogens with zero attached hydrogens (tertiary/aromatic N) is 3. The van der Waals surface area contributed by atoms with Gasteiger partial charge in [0.1, 0.15) is 12.4 Å². The summed E-state index contributed by atoms with van der Waals surface area (Å²) >= 11 is 0. The number of urea groups is 1. The van der Waals surface area contributed by atoms with Gasteiger partial charge in [0.2, 0.25) is 0 Å². The standard InChI is InChI=1S/C16H21N5O3/c1-3-21(16(22)19-23-2)13-4-5-15-14(8-13)20(6-7-24-15)10-12-9-17-11-18-12/h4-5,8-9,11H,3,6-7,10H2,1-2H3,(H,17,18)(H,19,22). The molecule has 0 atom stereocenters. The first-order valence-corrected chi connectivity index (χ1v) is 7.83. The maximum absolute atomic E-state index is 12.1. The molecule has 3 rings (SSSR count). The number of rotatable bonds is 5. The molecular formula is C16H21N5O3. The molecule has 128 valence electrons. The summed E-state index contributed by atoms with van der Waals surface area (Å²) in [6.45, 7) is 4.50. The molecule has 0 unspecified atom stereocenters. The molecular weight excluding hydrogens is 310 g/mol. The Labute approximate surface area is 140 Å². The number of aromatic nitrogens is 2. The van der Waals surface area contributed by atoms with Crippen LogP contribution in [0.2, 0.25) is 0 Å². The quantitative estimate of drug-likeness (QED) is 0.818.